The van der Waals surface area contributed by atoms with E-state index in [1.54, 1.807) is 0 Å². The molecule has 0 atom stereocenters. The molecule has 0 radical (unpaired) electrons. The summed E-state index contributed by atoms with van der Waals surface area (Å²) in [5.74, 6) is 0.255. The molecule has 0 fully saturated rings. The van der Waals surface area contributed by atoms with Crippen molar-refractivity contribution in [2.75, 3.05) is 7.11 Å². The predicted molar refractivity (Wildman–Crippen MR) is 52.8 cm³/mol. The first kappa shape index (κ1) is 11.9. The van der Waals surface area contributed by atoms with Crippen LogP contribution in [0.2, 0.25) is 0 Å². The fourth-order valence-corrected chi connectivity index (χ4v) is 1.58. The lowest BCUT2D eigenvalue weighted by Gasteiger charge is -2.09. The van der Waals surface area contributed by atoms with Crippen molar-refractivity contribution in [3.8, 4) is 11.8 Å². The fraction of sp³-hybridized carbons (Fsp3) is 0.333. The van der Waals surface area contributed by atoms with Gasteiger partial charge in [0.15, 0.2) is 0 Å². The number of methoxy groups -OCH3 is 1. The molecule has 80 valence electrons. The highest BCUT2D eigenvalue weighted by molar-refractivity contribution is 9.10. The molecular weight excluding hydrogens is 270 g/mol. The van der Waals surface area contributed by atoms with Crippen LogP contribution in [0.15, 0.2) is 10.5 Å². The zero-order valence-electron chi connectivity index (χ0n) is 7.80. The van der Waals surface area contributed by atoms with Crippen LogP contribution in [0.25, 0.3) is 0 Å². The average Bonchev–Trinajstić information content (AvgIpc) is 2.20. The molecule has 0 aliphatic heterocycles. The maximum Gasteiger partial charge on any atom is 0.281 e. The minimum atomic E-state index is -2.70. The standard InChI is InChI=1S/C9H7BrF2N2O/c1-15-6-4-5(2-3-13)14-8(7(6)10)9(11)12/h4,9H,2H2,1H3. The monoisotopic (exact) mass is 276 g/mol. The van der Waals surface area contributed by atoms with E-state index in [0.717, 1.165) is 0 Å². The molecule has 1 rings (SSSR count). The highest BCUT2D eigenvalue weighted by atomic mass is 79.9. The first-order valence-corrected chi connectivity index (χ1v) is 4.77. The summed E-state index contributed by atoms with van der Waals surface area (Å²) < 4.78 is 30.1. The number of halogens is 3. The SMILES string of the molecule is COc1cc(CC#N)nc(C(F)F)c1Br. The van der Waals surface area contributed by atoms with Crippen LogP contribution in [0.1, 0.15) is 17.8 Å². The summed E-state index contributed by atoms with van der Waals surface area (Å²) in [4.78, 5) is 3.67. The van der Waals surface area contributed by atoms with Gasteiger partial charge in [0, 0.05) is 6.07 Å². The second-order valence-corrected chi connectivity index (χ2v) is 3.44. The van der Waals surface area contributed by atoms with Crippen molar-refractivity contribution in [3.63, 3.8) is 0 Å². The van der Waals surface area contributed by atoms with Crippen LogP contribution in [-0.4, -0.2) is 12.1 Å². The molecule has 1 aromatic rings. The second-order valence-electron chi connectivity index (χ2n) is 2.65. The largest absolute Gasteiger partial charge is 0.495 e. The number of nitrogens with zero attached hydrogens (tertiary/aromatic N) is 2. The Kier molecular flexibility index (Phi) is 3.97. The van der Waals surface area contributed by atoms with Crippen molar-refractivity contribution in [2.24, 2.45) is 0 Å². The third kappa shape index (κ3) is 2.63. The third-order valence-corrected chi connectivity index (χ3v) is 2.49. The molecule has 0 aliphatic rings. The number of pyridine rings is 1. The van der Waals surface area contributed by atoms with E-state index in [-0.39, 0.29) is 22.3 Å². The number of hydrogen-bond acceptors (Lipinski definition) is 3. The zero-order chi connectivity index (χ0) is 11.4. The average molecular weight is 277 g/mol. The molecule has 0 bridgehead atoms. The van der Waals surface area contributed by atoms with Crippen LogP contribution in [0, 0.1) is 11.3 Å². The normalized spacial score (nSPS) is 10.1. The molecule has 0 saturated carbocycles. The van der Waals surface area contributed by atoms with Crippen LogP contribution < -0.4 is 4.74 Å². The van der Waals surface area contributed by atoms with Crippen molar-refractivity contribution in [1.82, 2.24) is 4.98 Å². The summed E-state index contributed by atoms with van der Waals surface area (Å²) in [5, 5.41) is 8.45. The van der Waals surface area contributed by atoms with Crippen LogP contribution >= 0.6 is 15.9 Å². The number of hydrogen-bond donors (Lipinski definition) is 0. The fourth-order valence-electron chi connectivity index (χ4n) is 1.04. The number of alkyl halides is 2. The van der Waals surface area contributed by atoms with Gasteiger partial charge in [0.05, 0.1) is 29.8 Å². The van der Waals surface area contributed by atoms with Crippen molar-refractivity contribution >= 4 is 15.9 Å². The Hall–Kier alpha value is -1.22. The molecule has 0 amide bonds. The van der Waals surface area contributed by atoms with Crippen LogP contribution in [0.5, 0.6) is 5.75 Å². The zero-order valence-corrected chi connectivity index (χ0v) is 9.38. The highest BCUT2D eigenvalue weighted by Gasteiger charge is 2.18. The number of rotatable bonds is 3. The minimum absolute atomic E-state index is 0.0244. The maximum absolute atomic E-state index is 12.5. The molecule has 0 N–H and O–H groups in total. The number of nitriles is 1. The van der Waals surface area contributed by atoms with Gasteiger partial charge in [0.2, 0.25) is 0 Å². The molecule has 0 unspecified atom stereocenters. The van der Waals surface area contributed by atoms with Gasteiger partial charge in [-0.05, 0) is 15.9 Å². The van der Waals surface area contributed by atoms with Crippen molar-refractivity contribution in [3.05, 3.63) is 21.9 Å². The molecule has 0 spiro atoms. The molecule has 3 nitrogen and oxygen atoms in total. The Morgan fingerprint density at radius 1 is 1.67 bits per heavy atom. The van der Waals surface area contributed by atoms with Gasteiger partial charge in [-0.3, -0.25) is 0 Å². The summed E-state index contributed by atoms with van der Waals surface area (Å²) in [6.07, 6.45) is -2.73. The van der Waals surface area contributed by atoms with Crippen molar-refractivity contribution in [1.29, 1.82) is 5.26 Å². The van der Waals surface area contributed by atoms with E-state index < -0.39 is 12.1 Å². The van der Waals surface area contributed by atoms with E-state index in [0.29, 0.717) is 0 Å². The Morgan fingerprint density at radius 2 is 2.33 bits per heavy atom. The number of aromatic nitrogens is 1. The van der Waals surface area contributed by atoms with Crippen LogP contribution in [-0.2, 0) is 6.42 Å². The van der Waals surface area contributed by atoms with Gasteiger partial charge >= 0.3 is 0 Å². The smallest absolute Gasteiger partial charge is 0.281 e. The summed E-state index contributed by atoms with van der Waals surface area (Å²) in [6.45, 7) is 0. The van der Waals surface area contributed by atoms with Gasteiger partial charge in [0.1, 0.15) is 11.4 Å². The maximum atomic E-state index is 12.5. The van der Waals surface area contributed by atoms with E-state index in [2.05, 4.69) is 20.9 Å². The Bertz CT molecular complexity index is 404. The highest BCUT2D eigenvalue weighted by Crippen LogP contribution is 2.33. The summed E-state index contributed by atoms with van der Waals surface area (Å²) in [5.41, 5.74) is -0.132. The van der Waals surface area contributed by atoms with Gasteiger partial charge in [-0.25, -0.2) is 13.8 Å². The first-order valence-electron chi connectivity index (χ1n) is 3.98. The molecule has 0 aromatic carbocycles. The first-order chi connectivity index (χ1) is 7.10. The van der Waals surface area contributed by atoms with E-state index in [4.69, 9.17) is 10.00 Å². The van der Waals surface area contributed by atoms with E-state index in [9.17, 15) is 8.78 Å². The van der Waals surface area contributed by atoms with Crippen LogP contribution in [0.4, 0.5) is 8.78 Å². The second kappa shape index (κ2) is 5.03. The Balaban J connectivity index is 3.26. The lowest BCUT2D eigenvalue weighted by Crippen LogP contribution is -2.00. The molecule has 6 heteroatoms. The van der Waals surface area contributed by atoms with Crippen molar-refractivity contribution < 1.29 is 13.5 Å². The van der Waals surface area contributed by atoms with Crippen LogP contribution in [0.3, 0.4) is 0 Å². The summed E-state index contributed by atoms with van der Waals surface area (Å²) in [6, 6.07) is 3.30. The number of ether oxygens (including phenoxy) is 1. The summed E-state index contributed by atoms with van der Waals surface area (Å²) >= 11 is 2.98. The van der Waals surface area contributed by atoms with E-state index in [1.165, 1.54) is 13.2 Å². The molecule has 0 aliphatic carbocycles. The topological polar surface area (TPSA) is 45.9 Å². The quantitative estimate of drug-likeness (QED) is 0.853. The summed E-state index contributed by atoms with van der Waals surface area (Å²) in [7, 11) is 1.37. The molecular formula is C9H7BrF2N2O. The predicted octanol–water partition coefficient (Wildman–Crippen LogP) is 2.86. The Morgan fingerprint density at radius 3 is 2.80 bits per heavy atom. The van der Waals surface area contributed by atoms with Crippen molar-refractivity contribution in [2.45, 2.75) is 12.8 Å². The lowest BCUT2D eigenvalue weighted by molar-refractivity contribution is 0.144. The molecule has 15 heavy (non-hydrogen) atoms. The molecule has 1 heterocycles. The third-order valence-electron chi connectivity index (χ3n) is 1.69. The minimum Gasteiger partial charge on any atom is -0.495 e. The lowest BCUT2D eigenvalue weighted by atomic mass is 10.2. The van der Waals surface area contributed by atoms with E-state index >= 15 is 0 Å². The van der Waals surface area contributed by atoms with Gasteiger partial charge < -0.3 is 4.74 Å². The van der Waals surface area contributed by atoms with Gasteiger partial charge in [-0.2, -0.15) is 5.26 Å². The molecule has 0 saturated heterocycles. The van der Waals surface area contributed by atoms with Gasteiger partial charge in [-0.15, -0.1) is 0 Å². The van der Waals surface area contributed by atoms with Gasteiger partial charge in [-0.1, -0.05) is 0 Å². The van der Waals surface area contributed by atoms with Gasteiger partial charge in [0.25, 0.3) is 6.43 Å². The van der Waals surface area contributed by atoms with E-state index in [1.807, 2.05) is 6.07 Å². The molecule has 1 aromatic heterocycles. The Labute approximate surface area is 93.8 Å².